The molecule has 0 unspecified atom stereocenters. The van der Waals surface area contributed by atoms with Crippen LogP contribution in [0.25, 0.3) is 11.0 Å². The minimum absolute atomic E-state index is 0.230. The molecule has 0 amide bonds. The van der Waals surface area contributed by atoms with Crippen molar-refractivity contribution >= 4 is 28.4 Å². The van der Waals surface area contributed by atoms with Crippen LogP contribution >= 0.6 is 0 Å². The van der Waals surface area contributed by atoms with Gasteiger partial charge in [0, 0.05) is 37.6 Å². The molecule has 1 fully saturated rings. The van der Waals surface area contributed by atoms with E-state index < -0.39 is 0 Å². The number of anilines is 3. The zero-order valence-corrected chi connectivity index (χ0v) is 20.1. The maximum absolute atomic E-state index is 15.4. The molecule has 0 radical (unpaired) electrons. The largest absolute Gasteiger partial charge is 0.378 e. The Hall–Kier alpha value is -3.57. The molecular weight excluding hydrogens is 449 g/mol. The van der Waals surface area contributed by atoms with Crippen LogP contribution in [0.3, 0.4) is 0 Å². The van der Waals surface area contributed by atoms with Crippen LogP contribution in [0.5, 0.6) is 0 Å². The van der Waals surface area contributed by atoms with Gasteiger partial charge in [-0.3, -0.25) is 4.68 Å². The molecule has 0 saturated carbocycles. The highest BCUT2D eigenvalue weighted by molar-refractivity contribution is 5.75. The van der Waals surface area contributed by atoms with Gasteiger partial charge in [0.05, 0.1) is 48.9 Å². The quantitative estimate of drug-likeness (QED) is 0.392. The van der Waals surface area contributed by atoms with Crippen molar-refractivity contribution in [2.45, 2.75) is 19.5 Å². The maximum atomic E-state index is 15.4. The molecular formula is C24H30FN9O. The molecule has 3 aromatic heterocycles. The molecule has 35 heavy (non-hydrogen) atoms. The summed E-state index contributed by atoms with van der Waals surface area (Å²) in [6.07, 6.45) is 8.13. The standard InChI is InChI=1S/C24H30FN9O/c1-31(2)7-4-8-33-17-20(15-27-33)29-24-26-13-19-14-28-34(23(19)30-24)16-18-5-3-6-21(22(18)25)32-9-11-35-12-10-32/h3,5-6,13-15,17H,4,7-12,16H2,1-2H3,(H,26,29,30). The highest BCUT2D eigenvalue weighted by atomic mass is 19.1. The van der Waals surface area contributed by atoms with Crippen molar-refractivity contribution in [3.05, 3.63) is 54.4 Å². The topological polar surface area (TPSA) is 89.2 Å². The third-order valence-electron chi connectivity index (χ3n) is 5.99. The Morgan fingerprint density at radius 2 is 1.97 bits per heavy atom. The lowest BCUT2D eigenvalue weighted by Gasteiger charge is -2.29. The van der Waals surface area contributed by atoms with Gasteiger partial charge in [-0.05, 0) is 33.1 Å². The first kappa shape index (κ1) is 23.2. The van der Waals surface area contributed by atoms with E-state index in [1.165, 1.54) is 0 Å². The van der Waals surface area contributed by atoms with Crippen LogP contribution in [0, 0.1) is 5.82 Å². The van der Waals surface area contributed by atoms with Crippen molar-refractivity contribution in [3.63, 3.8) is 0 Å². The number of nitrogens with zero attached hydrogens (tertiary/aromatic N) is 8. The molecule has 5 rings (SSSR count). The molecule has 10 nitrogen and oxygen atoms in total. The number of aryl methyl sites for hydroxylation is 1. The second-order valence-corrected chi connectivity index (χ2v) is 8.90. The van der Waals surface area contributed by atoms with Crippen LogP contribution in [0.1, 0.15) is 12.0 Å². The molecule has 1 aliphatic heterocycles. The number of morpholine rings is 1. The summed E-state index contributed by atoms with van der Waals surface area (Å²) in [5.41, 5.74) is 2.61. The van der Waals surface area contributed by atoms with Crippen LogP contribution in [0.2, 0.25) is 0 Å². The van der Waals surface area contributed by atoms with E-state index in [4.69, 9.17) is 4.74 Å². The molecule has 184 valence electrons. The summed E-state index contributed by atoms with van der Waals surface area (Å²) >= 11 is 0. The summed E-state index contributed by atoms with van der Waals surface area (Å²) in [4.78, 5) is 13.2. The van der Waals surface area contributed by atoms with Crippen molar-refractivity contribution < 1.29 is 9.13 Å². The molecule has 0 aliphatic carbocycles. The van der Waals surface area contributed by atoms with Gasteiger partial charge < -0.3 is 19.9 Å². The molecule has 1 aromatic carbocycles. The SMILES string of the molecule is CN(C)CCCn1cc(Nc2ncc3cnn(Cc4cccc(N5CCOCC5)c4F)c3n2)cn1. The number of benzene rings is 1. The fourth-order valence-corrected chi connectivity index (χ4v) is 4.17. The summed E-state index contributed by atoms with van der Waals surface area (Å²) < 4.78 is 24.4. The number of halogens is 1. The smallest absolute Gasteiger partial charge is 0.229 e. The average Bonchev–Trinajstić information content (AvgIpc) is 3.47. The number of ether oxygens (including phenoxy) is 1. The van der Waals surface area contributed by atoms with Crippen molar-refractivity contribution in [1.82, 2.24) is 34.4 Å². The fourth-order valence-electron chi connectivity index (χ4n) is 4.17. The van der Waals surface area contributed by atoms with Crippen molar-refractivity contribution in [1.29, 1.82) is 0 Å². The van der Waals surface area contributed by atoms with Crippen LogP contribution in [0.15, 0.2) is 43.0 Å². The van der Waals surface area contributed by atoms with Crippen LogP contribution in [0.4, 0.5) is 21.7 Å². The molecule has 4 heterocycles. The number of aromatic nitrogens is 6. The number of fused-ring (bicyclic) bond motifs is 1. The maximum Gasteiger partial charge on any atom is 0.229 e. The van der Waals surface area contributed by atoms with Gasteiger partial charge >= 0.3 is 0 Å². The number of hydrogen-bond donors (Lipinski definition) is 1. The number of hydrogen-bond acceptors (Lipinski definition) is 8. The average molecular weight is 480 g/mol. The summed E-state index contributed by atoms with van der Waals surface area (Å²) in [5.74, 6) is 0.210. The zero-order valence-electron chi connectivity index (χ0n) is 20.1. The van der Waals surface area contributed by atoms with E-state index in [9.17, 15) is 0 Å². The number of rotatable bonds is 9. The predicted molar refractivity (Wildman–Crippen MR) is 133 cm³/mol. The van der Waals surface area contributed by atoms with Crippen LogP contribution in [-0.2, 0) is 17.8 Å². The van der Waals surface area contributed by atoms with Crippen LogP contribution in [-0.4, -0.2) is 81.4 Å². The van der Waals surface area contributed by atoms with E-state index in [2.05, 4.69) is 44.5 Å². The summed E-state index contributed by atoms with van der Waals surface area (Å²) in [6.45, 7) is 4.68. The Morgan fingerprint density at radius 1 is 1.11 bits per heavy atom. The van der Waals surface area contributed by atoms with E-state index in [0.717, 1.165) is 30.6 Å². The van der Waals surface area contributed by atoms with Gasteiger partial charge in [0.1, 0.15) is 0 Å². The van der Waals surface area contributed by atoms with Gasteiger partial charge in [0.25, 0.3) is 0 Å². The lowest BCUT2D eigenvalue weighted by atomic mass is 10.1. The minimum Gasteiger partial charge on any atom is -0.378 e. The van der Waals surface area contributed by atoms with Crippen LogP contribution < -0.4 is 10.2 Å². The van der Waals surface area contributed by atoms with Gasteiger partial charge in [-0.1, -0.05) is 12.1 Å². The second-order valence-electron chi connectivity index (χ2n) is 8.90. The number of nitrogens with one attached hydrogen (secondary N) is 1. The molecule has 4 aromatic rings. The Labute approximate surface area is 203 Å². The van der Waals surface area contributed by atoms with E-state index in [-0.39, 0.29) is 12.4 Å². The molecule has 11 heteroatoms. The molecule has 0 bridgehead atoms. The van der Waals surface area contributed by atoms with E-state index in [1.54, 1.807) is 29.3 Å². The van der Waals surface area contributed by atoms with Crippen molar-refractivity contribution in [3.8, 4) is 0 Å². The Kier molecular flexibility index (Phi) is 6.87. The van der Waals surface area contributed by atoms with Gasteiger partial charge in [0.15, 0.2) is 11.5 Å². The molecule has 0 spiro atoms. The van der Waals surface area contributed by atoms with E-state index in [0.29, 0.717) is 49.1 Å². The molecule has 1 saturated heterocycles. The lowest BCUT2D eigenvalue weighted by Crippen LogP contribution is -2.36. The first-order valence-electron chi connectivity index (χ1n) is 11.8. The van der Waals surface area contributed by atoms with Crippen molar-refractivity contribution in [2.75, 3.05) is 57.2 Å². The molecule has 1 N–H and O–H groups in total. The van der Waals surface area contributed by atoms with Gasteiger partial charge in [0.2, 0.25) is 5.95 Å². The summed E-state index contributed by atoms with van der Waals surface area (Å²) in [6, 6.07) is 5.49. The Morgan fingerprint density at radius 3 is 2.80 bits per heavy atom. The Bertz CT molecular complexity index is 1280. The fraction of sp³-hybridized carbons (Fsp3) is 0.417. The predicted octanol–water partition coefficient (Wildman–Crippen LogP) is 2.74. The highest BCUT2D eigenvalue weighted by Gasteiger charge is 2.18. The van der Waals surface area contributed by atoms with E-state index in [1.807, 2.05) is 27.9 Å². The first-order valence-corrected chi connectivity index (χ1v) is 11.8. The van der Waals surface area contributed by atoms with Gasteiger partial charge in [-0.15, -0.1) is 0 Å². The summed E-state index contributed by atoms with van der Waals surface area (Å²) in [7, 11) is 4.12. The van der Waals surface area contributed by atoms with Gasteiger partial charge in [-0.2, -0.15) is 15.2 Å². The third-order valence-corrected chi connectivity index (χ3v) is 5.99. The zero-order chi connectivity index (χ0) is 24.2. The summed E-state index contributed by atoms with van der Waals surface area (Å²) in [5, 5.41) is 12.8. The normalized spacial score (nSPS) is 14.2. The highest BCUT2D eigenvalue weighted by Crippen LogP contribution is 2.25. The second kappa shape index (κ2) is 10.4. The first-order chi connectivity index (χ1) is 17.1. The third kappa shape index (κ3) is 5.41. The molecule has 1 aliphatic rings. The van der Waals surface area contributed by atoms with E-state index >= 15 is 4.39 Å². The molecule has 0 atom stereocenters. The Balaban J connectivity index is 1.32. The minimum atomic E-state index is -0.230. The lowest BCUT2D eigenvalue weighted by molar-refractivity contribution is 0.122. The van der Waals surface area contributed by atoms with Gasteiger partial charge in [-0.25, -0.2) is 14.1 Å². The monoisotopic (exact) mass is 479 g/mol. The van der Waals surface area contributed by atoms with Crippen molar-refractivity contribution in [2.24, 2.45) is 0 Å².